The second-order valence-corrected chi connectivity index (χ2v) is 8.56. The number of Topliss-reactive ketones (excluding diaryl/α,β-unsaturated/α-hetero) is 1. The maximum atomic E-state index is 12.8. The van der Waals surface area contributed by atoms with Crippen LogP contribution in [0.2, 0.25) is 0 Å². The van der Waals surface area contributed by atoms with Crippen LogP contribution < -0.4 is 5.32 Å². The van der Waals surface area contributed by atoms with Crippen LogP contribution in [0.15, 0.2) is 29.4 Å². The lowest BCUT2D eigenvalue weighted by Gasteiger charge is -2.22. The van der Waals surface area contributed by atoms with Crippen LogP contribution in [-0.4, -0.2) is 43.7 Å². The first kappa shape index (κ1) is 20.5. The SMILES string of the molecule is CC(=O)NCCc1ccc(C(=O)C(C)Sc2nnnn2C2CCCCC2)cc1. The molecule has 150 valence electrons. The molecule has 28 heavy (non-hydrogen) atoms. The zero-order chi connectivity index (χ0) is 19.9. The van der Waals surface area contributed by atoms with Gasteiger partial charge in [0.2, 0.25) is 11.1 Å². The quantitative estimate of drug-likeness (QED) is 0.540. The molecule has 1 aromatic carbocycles. The van der Waals surface area contributed by atoms with E-state index in [-0.39, 0.29) is 16.9 Å². The van der Waals surface area contributed by atoms with E-state index in [2.05, 4.69) is 20.8 Å². The average Bonchev–Trinajstić information content (AvgIpc) is 3.16. The summed E-state index contributed by atoms with van der Waals surface area (Å²) < 4.78 is 1.90. The monoisotopic (exact) mass is 401 g/mol. The zero-order valence-electron chi connectivity index (χ0n) is 16.4. The first-order valence-corrected chi connectivity index (χ1v) is 10.7. The maximum Gasteiger partial charge on any atom is 0.216 e. The molecule has 0 spiro atoms. The fraction of sp³-hybridized carbons (Fsp3) is 0.550. The number of nitrogens with one attached hydrogen (secondary N) is 1. The molecule has 1 unspecified atom stereocenters. The number of ketones is 1. The van der Waals surface area contributed by atoms with Gasteiger partial charge in [-0.3, -0.25) is 9.59 Å². The number of hydrogen-bond acceptors (Lipinski definition) is 6. The highest BCUT2D eigenvalue weighted by Gasteiger charge is 2.24. The van der Waals surface area contributed by atoms with Gasteiger partial charge >= 0.3 is 0 Å². The first-order chi connectivity index (χ1) is 13.5. The summed E-state index contributed by atoms with van der Waals surface area (Å²) in [6.45, 7) is 4.00. The van der Waals surface area contributed by atoms with Crippen LogP contribution in [0.5, 0.6) is 0 Å². The molecule has 1 aliphatic carbocycles. The predicted molar refractivity (Wildman–Crippen MR) is 108 cm³/mol. The lowest BCUT2D eigenvalue weighted by atomic mass is 9.96. The lowest BCUT2D eigenvalue weighted by Crippen LogP contribution is -2.22. The summed E-state index contributed by atoms with van der Waals surface area (Å²) >= 11 is 1.42. The molecule has 8 heteroatoms. The minimum atomic E-state index is -0.265. The largest absolute Gasteiger partial charge is 0.356 e. The van der Waals surface area contributed by atoms with Gasteiger partial charge in [0, 0.05) is 19.0 Å². The number of amides is 1. The van der Waals surface area contributed by atoms with Crippen molar-refractivity contribution in [3.8, 4) is 0 Å². The predicted octanol–water partition coefficient (Wildman–Crippen LogP) is 3.22. The van der Waals surface area contributed by atoms with Crippen LogP contribution in [0.1, 0.15) is 67.9 Å². The summed E-state index contributed by atoms with van der Waals surface area (Å²) in [6.07, 6.45) is 6.63. The second-order valence-electron chi connectivity index (χ2n) is 7.25. The van der Waals surface area contributed by atoms with Gasteiger partial charge in [0.05, 0.1) is 11.3 Å². The smallest absolute Gasteiger partial charge is 0.216 e. The molecule has 1 saturated carbocycles. The van der Waals surface area contributed by atoms with Crippen LogP contribution in [0, 0.1) is 0 Å². The summed E-state index contributed by atoms with van der Waals surface area (Å²) in [5, 5.41) is 15.4. The van der Waals surface area contributed by atoms with Gasteiger partial charge in [0.25, 0.3) is 0 Å². The van der Waals surface area contributed by atoms with Crippen molar-refractivity contribution >= 4 is 23.5 Å². The highest BCUT2D eigenvalue weighted by Crippen LogP contribution is 2.32. The van der Waals surface area contributed by atoms with Crippen LogP contribution in [-0.2, 0) is 11.2 Å². The number of carbonyl (C=O) groups is 2. The molecule has 1 atom stereocenters. The van der Waals surface area contributed by atoms with Crippen molar-refractivity contribution in [2.24, 2.45) is 0 Å². The Balaban J connectivity index is 1.59. The molecule has 1 heterocycles. The van der Waals surface area contributed by atoms with Crippen molar-refractivity contribution in [1.82, 2.24) is 25.5 Å². The Bertz CT molecular complexity index is 799. The highest BCUT2D eigenvalue weighted by molar-refractivity contribution is 8.00. The Hall–Kier alpha value is -2.22. The number of rotatable bonds is 8. The van der Waals surface area contributed by atoms with E-state index in [9.17, 15) is 9.59 Å². The summed E-state index contributed by atoms with van der Waals surface area (Å²) in [7, 11) is 0. The fourth-order valence-electron chi connectivity index (χ4n) is 3.48. The second kappa shape index (κ2) is 9.82. The van der Waals surface area contributed by atoms with Gasteiger partial charge in [-0.15, -0.1) is 5.10 Å². The topological polar surface area (TPSA) is 89.8 Å². The third kappa shape index (κ3) is 5.41. The third-order valence-corrected chi connectivity index (χ3v) is 6.11. The van der Waals surface area contributed by atoms with Gasteiger partial charge in [-0.25, -0.2) is 4.68 Å². The molecule has 0 saturated heterocycles. The Morgan fingerprint density at radius 3 is 2.61 bits per heavy atom. The number of thioether (sulfide) groups is 1. The molecule has 2 aromatic rings. The van der Waals surface area contributed by atoms with Gasteiger partial charge in [-0.2, -0.15) is 0 Å². The maximum absolute atomic E-state index is 12.8. The molecular weight excluding hydrogens is 374 g/mol. The number of aromatic nitrogens is 4. The average molecular weight is 402 g/mol. The minimum Gasteiger partial charge on any atom is -0.356 e. The van der Waals surface area contributed by atoms with E-state index in [1.807, 2.05) is 35.9 Å². The molecule has 1 amide bonds. The van der Waals surface area contributed by atoms with Crippen molar-refractivity contribution in [2.75, 3.05) is 6.54 Å². The number of hydrogen-bond donors (Lipinski definition) is 1. The van der Waals surface area contributed by atoms with E-state index in [1.165, 1.54) is 37.9 Å². The molecule has 0 radical (unpaired) electrons. The van der Waals surface area contributed by atoms with Gasteiger partial charge < -0.3 is 5.32 Å². The van der Waals surface area contributed by atoms with E-state index in [0.717, 1.165) is 30.0 Å². The van der Waals surface area contributed by atoms with E-state index < -0.39 is 0 Å². The van der Waals surface area contributed by atoms with E-state index in [1.54, 1.807) is 0 Å². The fourth-order valence-corrected chi connectivity index (χ4v) is 4.42. The van der Waals surface area contributed by atoms with E-state index in [0.29, 0.717) is 18.2 Å². The Morgan fingerprint density at radius 1 is 1.21 bits per heavy atom. The summed E-state index contributed by atoms with van der Waals surface area (Å²) in [6, 6.07) is 7.94. The molecular formula is C20H27N5O2S. The first-order valence-electron chi connectivity index (χ1n) is 9.86. The number of nitrogens with zero attached hydrogens (tertiary/aromatic N) is 4. The molecule has 1 aromatic heterocycles. The standard InChI is InChI=1S/C20H27N5O2S/c1-14(28-20-22-23-24-25(20)18-6-4-3-5-7-18)19(27)17-10-8-16(9-11-17)12-13-21-15(2)26/h8-11,14,18H,3-7,12-13H2,1-2H3,(H,21,26). The molecule has 1 fully saturated rings. The molecule has 7 nitrogen and oxygen atoms in total. The Labute approximate surface area is 169 Å². The zero-order valence-corrected chi connectivity index (χ0v) is 17.2. The normalized spacial score (nSPS) is 15.9. The molecule has 0 aliphatic heterocycles. The van der Waals surface area contributed by atoms with E-state index in [4.69, 9.17) is 0 Å². The van der Waals surface area contributed by atoms with Crippen molar-refractivity contribution in [3.05, 3.63) is 35.4 Å². The van der Waals surface area contributed by atoms with Gasteiger partial charge in [-0.1, -0.05) is 55.3 Å². The van der Waals surface area contributed by atoms with Gasteiger partial charge in [0.15, 0.2) is 5.78 Å². The van der Waals surface area contributed by atoms with Gasteiger partial charge in [-0.05, 0) is 42.2 Å². The van der Waals surface area contributed by atoms with Crippen molar-refractivity contribution < 1.29 is 9.59 Å². The Morgan fingerprint density at radius 2 is 1.93 bits per heavy atom. The third-order valence-electron chi connectivity index (χ3n) is 5.06. The number of benzene rings is 1. The molecule has 1 aliphatic rings. The van der Waals surface area contributed by atoms with Crippen molar-refractivity contribution in [1.29, 1.82) is 0 Å². The lowest BCUT2D eigenvalue weighted by molar-refractivity contribution is -0.118. The summed E-state index contributed by atoms with van der Waals surface area (Å²) in [5.74, 6) is 0.0322. The summed E-state index contributed by atoms with van der Waals surface area (Å²) in [4.78, 5) is 23.8. The molecule has 0 bridgehead atoms. The van der Waals surface area contributed by atoms with Crippen LogP contribution in [0.25, 0.3) is 0 Å². The van der Waals surface area contributed by atoms with Crippen molar-refractivity contribution in [2.45, 2.75) is 68.8 Å². The number of tetrazole rings is 1. The molecule has 1 N–H and O–H groups in total. The van der Waals surface area contributed by atoms with Crippen molar-refractivity contribution in [3.63, 3.8) is 0 Å². The molecule has 3 rings (SSSR count). The van der Waals surface area contributed by atoms with Gasteiger partial charge in [0.1, 0.15) is 0 Å². The van der Waals surface area contributed by atoms with E-state index >= 15 is 0 Å². The van der Waals surface area contributed by atoms with Crippen LogP contribution in [0.4, 0.5) is 0 Å². The highest BCUT2D eigenvalue weighted by atomic mass is 32.2. The van der Waals surface area contributed by atoms with Crippen LogP contribution in [0.3, 0.4) is 0 Å². The Kier molecular flexibility index (Phi) is 7.19. The number of carbonyl (C=O) groups excluding carboxylic acids is 2. The summed E-state index contributed by atoms with van der Waals surface area (Å²) in [5.41, 5.74) is 1.77. The minimum absolute atomic E-state index is 0.0341. The van der Waals surface area contributed by atoms with Crippen LogP contribution >= 0.6 is 11.8 Å².